The summed E-state index contributed by atoms with van der Waals surface area (Å²) in [5.74, 6) is -0.337. The Hall–Kier alpha value is -3.13. The molecule has 7 nitrogen and oxygen atoms in total. The Morgan fingerprint density at radius 3 is 2.52 bits per heavy atom. The van der Waals surface area contributed by atoms with Gasteiger partial charge >= 0.3 is 0 Å². The first-order valence-electron chi connectivity index (χ1n) is 8.08. The van der Waals surface area contributed by atoms with E-state index in [9.17, 15) is 9.59 Å². The molecular formula is C19H17BrN4O3. The molecule has 1 aromatic heterocycles. The smallest absolute Gasteiger partial charge is 0.262 e. The van der Waals surface area contributed by atoms with Crippen molar-refractivity contribution in [2.45, 2.75) is 0 Å². The van der Waals surface area contributed by atoms with Crippen LogP contribution in [0.1, 0.15) is 10.4 Å². The highest BCUT2D eigenvalue weighted by Gasteiger charge is 2.14. The molecule has 1 heterocycles. The van der Waals surface area contributed by atoms with Crippen molar-refractivity contribution in [3.63, 3.8) is 0 Å². The van der Waals surface area contributed by atoms with Crippen LogP contribution in [0.4, 0.5) is 11.4 Å². The van der Waals surface area contributed by atoms with Gasteiger partial charge in [0, 0.05) is 23.4 Å². The lowest BCUT2D eigenvalue weighted by atomic mass is 10.2. The van der Waals surface area contributed by atoms with Crippen LogP contribution < -0.4 is 15.4 Å². The van der Waals surface area contributed by atoms with Crippen LogP contribution in [0.5, 0.6) is 5.75 Å². The van der Waals surface area contributed by atoms with Crippen molar-refractivity contribution in [2.24, 2.45) is 7.05 Å². The Bertz CT molecular complexity index is 954. The molecule has 0 saturated heterocycles. The summed E-state index contributed by atoms with van der Waals surface area (Å²) in [6, 6.07) is 14.0. The van der Waals surface area contributed by atoms with E-state index in [1.807, 2.05) is 12.1 Å². The van der Waals surface area contributed by atoms with Gasteiger partial charge in [0.25, 0.3) is 11.8 Å². The van der Waals surface area contributed by atoms with Gasteiger partial charge in [-0.1, -0.05) is 28.1 Å². The number of rotatable bonds is 6. The quantitative estimate of drug-likeness (QED) is 0.629. The van der Waals surface area contributed by atoms with E-state index >= 15 is 0 Å². The SMILES string of the molecule is Cn1cc(NC(=O)c2ccccc2OCC(=O)Nc2ccc(Br)cc2)cn1. The first-order valence-corrected chi connectivity index (χ1v) is 8.88. The maximum atomic E-state index is 12.5. The van der Waals surface area contributed by atoms with Gasteiger partial charge in [0.15, 0.2) is 6.61 Å². The molecule has 0 radical (unpaired) electrons. The van der Waals surface area contributed by atoms with Crippen LogP contribution in [0.25, 0.3) is 0 Å². The lowest BCUT2D eigenvalue weighted by molar-refractivity contribution is -0.118. The number of carbonyl (C=O) groups excluding carboxylic acids is 2. The van der Waals surface area contributed by atoms with Gasteiger partial charge in [0.2, 0.25) is 0 Å². The maximum Gasteiger partial charge on any atom is 0.262 e. The van der Waals surface area contributed by atoms with Crippen LogP contribution in [0.15, 0.2) is 65.4 Å². The van der Waals surface area contributed by atoms with Gasteiger partial charge in [-0.15, -0.1) is 0 Å². The number of amides is 2. The van der Waals surface area contributed by atoms with E-state index in [1.165, 1.54) is 0 Å². The average molecular weight is 429 g/mol. The maximum absolute atomic E-state index is 12.5. The topological polar surface area (TPSA) is 85.2 Å². The lowest BCUT2D eigenvalue weighted by Crippen LogP contribution is -2.21. The minimum absolute atomic E-state index is 0.215. The van der Waals surface area contributed by atoms with Gasteiger partial charge < -0.3 is 15.4 Å². The van der Waals surface area contributed by atoms with Crippen molar-refractivity contribution in [2.75, 3.05) is 17.2 Å². The monoisotopic (exact) mass is 428 g/mol. The Kier molecular flexibility index (Phi) is 5.87. The molecule has 0 aliphatic rings. The third kappa shape index (κ3) is 5.18. The molecule has 0 aliphatic carbocycles. The minimum atomic E-state index is -0.341. The zero-order chi connectivity index (χ0) is 19.2. The van der Waals surface area contributed by atoms with Gasteiger partial charge in [-0.3, -0.25) is 14.3 Å². The highest BCUT2D eigenvalue weighted by Crippen LogP contribution is 2.20. The van der Waals surface area contributed by atoms with E-state index in [4.69, 9.17) is 4.74 Å². The first kappa shape index (κ1) is 18.7. The molecule has 0 unspecified atom stereocenters. The Balaban J connectivity index is 1.62. The Labute approximate surface area is 164 Å². The number of hydrogen-bond acceptors (Lipinski definition) is 4. The largest absolute Gasteiger partial charge is 0.483 e. The van der Waals surface area contributed by atoms with Gasteiger partial charge in [-0.05, 0) is 36.4 Å². The first-order chi connectivity index (χ1) is 13.0. The predicted molar refractivity (Wildman–Crippen MR) is 106 cm³/mol. The summed E-state index contributed by atoms with van der Waals surface area (Å²) in [5, 5.41) is 9.48. The molecule has 2 aromatic carbocycles. The van der Waals surface area contributed by atoms with Crippen LogP contribution in [0.2, 0.25) is 0 Å². The molecule has 0 saturated carbocycles. The van der Waals surface area contributed by atoms with Crippen molar-refractivity contribution in [1.29, 1.82) is 0 Å². The van der Waals surface area contributed by atoms with E-state index in [0.29, 0.717) is 22.7 Å². The summed E-state index contributed by atoms with van der Waals surface area (Å²) in [6.45, 7) is -0.215. The van der Waals surface area contributed by atoms with E-state index < -0.39 is 0 Å². The van der Waals surface area contributed by atoms with Crippen LogP contribution >= 0.6 is 15.9 Å². The molecule has 0 fully saturated rings. The van der Waals surface area contributed by atoms with E-state index in [-0.39, 0.29) is 18.4 Å². The second-order valence-corrected chi connectivity index (χ2v) is 6.61. The Morgan fingerprint density at radius 1 is 1.07 bits per heavy atom. The van der Waals surface area contributed by atoms with Crippen molar-refractivity contribution in [3.05, 3.63) is 71.0 Å². The van der Waals surface area contributed by atoms with Crippen LogP contribution in [0, 0.1) is 0 Å². The van der Waals surface area contributed by atoms with Crippen LogP contribution in [0.3, 0.4) is 0 Å². The number of halogens is 1. The number of carbonyl (C=O) groups is 2. The van der Waals surface area contributed by atoms with E-state index in [0.717, 1.165) is 4.47 Å². The van der Waals surface area contributed by atoms with Crippen LogP contribution in [-0.4, -0.2) is 28.2 Å². The van der Waals surface area contributed by atoms with E-state index in [2.05, 4.69) is 31.7 Å². The third-order valence-electron chi connectivity index (χ3n) is 3.58. The fourth-order valence-corrected chi connectivity index (χ4v) is 2.60. The standard InChI is InChI=1S/C19H17BrN4O3/c1-24-11-15(10-21-24)23-19(26)16-4-2-3-5-17(16)27-12-18(25)22-14-8-6-13(20)7-9-14/h2-11H,12H2,1H3,(H,22,25)(H,23,26). The lowest BCUT2D eigenvalue weighted by Gasteiger charge is -2.11. The number of anilines is 2. The van der Waals surface area contributed by atoms with Crippen molar-refractivity contribution in [3.8, 4) is 5.75 Å². The summed E-state index contributed by atoms with van der Waals surface area (Å²) >= 11 is 3.34. The predicted octanol–water partition coefficient (Wildman–Crippen LogP) is 3.45. The molecule has 0 atom stereocenters. The normalized spacial score (nSPS) is 10.3. The zero-order valence-corrected chi connectivity index (χ0v) is 16.1. The molecule has 8 heteroatoms. The fourth-order valence-electron chi connectivity index (χ4n) is 2.34. The molecule has 0 aliphatic heterocycles. The molecule has 3 aromatic rings. The second-order valence-electron chi connectivity index (χ2n) is 5.70. The third-order valence-corrected chi connectivity index (χ3v) is 4.11. The van der Waals surface area contributed by atoms with Gasteiger partial charge in [0.1, 0.15) is 5.75 Å². The molecule has 0 bridgehead atoms. The number of benzene rings is 2. The summed E-state index contributed by atoms with van der Waals surface area (Å²) in [6.07, 6.45) is 3.24. The molecule has 138 valence electrons. The summed E-state index contributed by atoms with van der Waals surface area (Å²) in [4.78, 5) is 24.6. The van der Waals surface area contributed by atoms with Gasteiger partial charge in [-0.2, -0.15) is 5.10 Å². The Morgan fingerprint density at radius 2 is 1.81 bits per heavy atom. The number of aryl methyl sites for hydroxylation is 1. The van der Waals surface area contributed by atoms with Crippen molar-refractivity contribution in [1.82, 2.24) is 9.78 Å². The summed E-state index contributed by atoms with van der Waals surface area (Å²) < 4.78 is 8.07. The molecule has 3 rings (SSSR count). The number of ether oxygens (including phenoxy) is 1. The summed E-state index contributed by atoms with van der Waals surface area (Å²) in [7, 11) is 1.76. The zero-order valence-electron chi connectivity index (χ0n) is 14.5. The molecule has 27 heavy (non-hydrogen) atoms. The molecule has 2 N–H and O–H groups in total. The molecule has 0 spiro atoms. The second kappa shape index (κ2) is 8.50. The highest BCUT2D eigenvalue weighted by molar-refractivity contribution is 9.10. The van der Waals surface area contributed by atoms with E-state index in [1.54, 1.807) is 60.5 Å². The number of nitrogens with one attached hydrogen (secondary N) is 2. The average Bonchev–Trinajstić information content (AvgIpc) is 3.07. The number of nitrogens with zero attached hydrogens (tertiary/aromatic N) is 2. The number of para-hydroxylation sites is 1. The number of hydrogen-bond donors (Lipinski definition) is 2. The molecule has 2 amide bonds. The van der Waals surface area contributed by atoms with Gasteiger partial charge in [-0.25, -0.2) is 0 Å². The summed E-state index contributed by atoms with van der Waals surface area (Å²) in [5.41, 5.74) is 1.57. The fraction of sp³-hybridized carbons (Fsp3) is 0.105. The van der Waals surface area contributed by atoms with Crippen molar-refractivity contribution >= 4 is 39.1 Å². The minimum Gasteiger partial charge on any atom is -0.483 e. The highest BCUT2D eigenvalue weighted by atomic mass is 79.9. The van der Waals surface area contributed by atoms with Crippen molar-refractivity contribution < 1.29 is 14.3 Å². The van der Waals surface area contributed by atoms with Crippen LogP contribution in [-0.2, 0) is 11.8 Å². The number of aromatic nitrogens is 2. The molecular weight excluding hydrogens is 412 g/mol. The van der Waals surface area contributed by atoms with Gasteiger partial charge in [0.05, 0.1) is 17.4 Å².